The van der Waals surface area contributed by atoms with E-state index >= 15 is 0 Å². The summed E-state index contributed by atoms with van der Waals surface area (Å²) in [6.45, 7) is 2.76. The van der Waals surface area contributed by atoms with Gasteiger partial charge in [0.2, 0.25) is 5.88 Å². The van der Waals surface area contributed by atoms with Crippen molar-refractivity contribution in [3.05, 3.63) is 71.7 Å². The lowest BCUT2D eigenvalue weighted by molar-refractivity contribution is 0.0922. The quantitative estimate of drug-likeness (QED) is 0.394. The highest BCUT2D eigenvalue weighted by Gasteiger charge is 2.23. The molecule has 0 spiro atoms. The van der Waals surface area contributed by atoms with Crippen LogP contribution in [0.3, 0.4) is 0 Å². The smallest absolute Gasteiger partial charge is 0.257 e. The van der Waals surface area contributed by atoms with Gasteiger partial charge in [0, 0.05) is 43.2 Å². The molecular formula is C29H33FN4O3S. The van der Waals surface area contributed by atoms with Crippen LogP contribution in [0.5, 0.6) is 17.4 Å². The highest BCUT2D eigenvalue weighted by Crippen LogP contribution is 2.33. The molecule has 0 atom stereocenters. The van der Waals surface area contributed by atoms with E-state index < -0.39 is 11.7 Å². The molecule has 2 heterocycles. The summed E-state index contributed by atoms with van der Waals surface area (Å²) in [5, 5.41) is 13.2. The van der Waals surface area contributed by atoms with Crippen LogP contribution in [0.4, 0.5) is 4.39 Å². The van der Waals surface area contributed by atoms with Crippen molar-refractivity contribution in [2.24, 2.45) is 5.73 Å². The standard InChI is InChI=1S/C29H33FN4O3S/c30-21-16-27(28(36)33-23-6-4-22(31)5-7-23)29(32-17-21)37-25-3-1-2-19(15-25)26-9-8-24(35)14-20(26)18-34-10-12-38-13-11-34/h1-3,8-9,14-17,22-23,35H,4-7,10-13,18,31H2,(H,33,36)/t22-,23-. The van der Waals surface area contributed by atoms with E-state index in [0.717, 1.165) is 85.8 Å². The first-order valence-electron chi connectivity index (χ1n) is 13.1. The second-order valence-electron chi connectivity index (χ2n) is 9.95. The summed E-state index contributed by atoms with van der Waals surface area (Å²) in [4.78, 5) is 19.5. The molecule has 2 aromatic carbocycles. The van der Waals surface area contributed by atoms with Crippen LogP contribution >= 0.6 is 11.8 Å². The van der Waals surface area contributed by atoms with Crippen LogP contribution in [0, 0.1) is 5.82 Å². The number of aromatic nitrogens is 1. The van der Waals surface area contributed by atoms with Crippen molar-refractivity contribution in [2.75, 3.05) is 24.6 Å². The Bertz CT molecular complexity index is 1280. The fraction of sp³-hybridized carbons (Fsp3) is 0.379. The zero-order chi connectivity index (χ0) is 26.5. The van der Waals surface area contributed by atoms with Crippen LogP contribution in [0.2, 0.25) is 0 Å². The lowest BCUT2D eigenvalue weighted by atomic mass is 9.91. The Morgan fingerprint density at radius 1 is 1.13 bits per heavy atom. The van der Waals surface area contributed by atoms with Gasteiger partial charge in [0.1, 0.15) is 22.9 Å². The van der Waals surface area contributed by atoms with Crippen LogP contribution in [0.15, 0.2) is 54.7 Å². The number of thioether (sulfide) groups is 1. The molecular weight excluding hydrogens is 503 g/mol. The molecule has 5 rings (SSSR count). The SMILES string of the molecule is N[C@H]1CC[C@H](NC(=O)c2cc(F)cnc2Oc2cccc(-c3ccc(O)cc3CN3CCSCC3)c2)CC1. The molecule has 0 unspecified atom stereocenters. The summed E-state index contributed by atoms with van der Waals surface area (Å²) in [7, 11) is 0. The highest BCUT2D eigenvalue weighted by molar-refractivity contribution is 7.99. The van der Waals surface area contributed by atoms with E-state index in [2.05, 4.69) is 15.2 Å². The van der Waals surface area contributed by atoms with Crippen LogP contribution in [-0.2, 0) is 6.54 Å². The fourth-order valence-corrected chi connectivity index (χ4v) is 6.01. The van der Waals surface area contributed by atoms with Gasteiger partial charge in [0.05, 0.1) is 6.20 Å². The second kappa shape index (κ2) is 12.1. The van der Waals surface area contributed by atoms with E-state index in [1.807, 2.05) is 42.1 Å². The molecule has 1 saturated carbocycles. The number of benzene rings is 2. The molecule has 38 heavy (non-hydrogen) atoms. The van der Waals surface area contributed by atoms with E-state index in [4.69, 9.17) is 10.5 Å². The van der Waals surface area contributed by atoms with E-state index in [1.54, 1.807) is 12.1 Å². The molecule has 3 aromatic rings. The summed E-state index contributed by atoms with van der Waals surface area (Å²) in [5.74, 6) is 1.95. The van der Waals surface area contributed by atoms with Crippen molar-refractivity contribution in [1.29, 1.82) is 0 Å². The molecule has 1 aromatic heterocycles. The Morgan fingerprint density at radius 2 is 1.92 bits per heavy atom. The topological polar surface area (TPSA) is 101 Å². The van der Waals surface area contributed by atoms with E-state index in [0.29, 0.717) is 5.75 Å². The number of phenolic OH excluding ortho intramolecular Hbond substituents is 1. The summed E-state index contributed by atoms with van der Waals surface area (Å²) in [5.41, 5.74) is 8.97. The van der Waals surface area contributed by atoms with Crippen molar-refractivity contribution in [3.8, 4) is 28.5 Å². The number of nitrogens with zero attached hydrogens (tertiary/aromatic N) is 2. The zero-order valence-corrected chi connectivity index (χ0v) is 22.1. The number of carbonyl (C=O) groups excluding carboxylic acids is 1. The maximum Gasteiger partial charge on any atom is 0.257 e. The summed E-state index contributed by atoms with van der Waals surface area (Å²) < 4.78 is 20.1. The van der Waals surface area contributed by atoms with Crippen LogP contribution in [0.25, 0.3) is 11.1 Å². The van der Waals surface area contributed by atoms with Crippen molar-refractivity contribution in [1.82, 2.24) is 15.2 Å². The minimum Gasteiger partial charge on any atom is -0.508 e. The summed E-state index contributed by atoms with van der Waals surface area (Å²) >= 11 is 1.96. The average Bonchev–Trinajstić information content (AvgIpc) is 2.92. The Hall–Kier alpha value is -3.14. The lowest BCUT2D eigenvalue weighted by Crippen LogP contribution is -2.40. The first kappa shape index (κ1) is 26.5. The van der Waals surface area contributed by atoms with Gasteiger partial charge in [0.25, 0.3) is 5.91 Å². The number of halogens is 1. The molecule has 2 aliphatic rings. The first-order valence-corrected chi connectivity index (χ1v) is 14.2. The minimum atomic E-state index is -0.605. The van der Waals surface area contributed by atoms with Crippen LogP contribution in [0.1, 0.15) is 41.6 Å². The number of amides is 1. The predicted octanol–water partition coefficient (Wildman–Crippen LogP) is 4.93. The normalized spacial score (nSPS) is 20.2. The number of aromatic hydroxyl groups is 1. The molecule has 1 saturated heterocycles. The van der Waals surface area contributed by atoms with E-state index in [1.165, 1.54) is 0 Å². The molecule has 200 valence electrons. The third-order valence-corrected chi connectivity index (χ3v) is 8.06. The van der Waals surface area contributed by atoms with Crippen molar-refractivity contribution >= 4 is 17.7 Å². The molecule has 0 bridgehead atoms. The Balaban J connectivity index is 1.37. The first-order chi connectivity index (χ1) is 18.4. The Morgan fingerprint density at radius 3 is 2.71 bits per heavy atom. The molecule has 1 aliphatic heterocycles. The second-order valence-corrected chi connectivity index (χ2v) is 11.2. The number of carbonyl (C=O) groups is 1. The number of hydrogen-bond acceptors (Lipinski definition) is 7. The lowest BCUT2D eigenvalue weighted by Gasteiger charge is -2.27. The number of nitrogens with two attached hydrogens (primary N) is 1. The summed E-state index contributed by atoms with van der Waals surface area (Å²) in [6.07, 6.45) is 4.32. The third-order valence-electron chi connectivity index (χ3n) is 7.12. The third kappa shape index (κ3) is 6.64. The van der Waals surface area contributed by atoms with Gasteiger partial charge < -0.3 is 20.9 Å². The van der Waals surface area contributed by atoms with Gasteiger partial charge in [-0.1, -0.05) is 18.2 Å². The fourth-order valence-electron chi connectivity index (χ4n) is 5.03. The average molecular weight is 537 g/mol. The molecule has 2 fully saturated rings. The monoisotopic (exact) mass is 536 g/mol. The van der Waals surface area contributed by atoms with Gasteiger partial charge in [-0.05, 0) is 72.7 Å². The summed E-state index contributed by atoms with van der Waals surface area (Å²) in [6, 6.07) is 14.2. The number of ether oxygens (including phenoxy) is 1. The van der Waals surface area contributed by atoms with Crippen LogP contribution < -0.4 is 15.8 Å². The molecule has 7 nitrogen and oxygen atoms in total. The van der Waals surface area contributed by atoms with Gasteiger partial charge in [-0.25, -0.2) is 9.37 Å². The molecule has 9 heteroatoms. The van der Waals surface area contributed by atoms with Gasteiger partial charge in [-0.3, -0.25) is 9.69 Å². The molecule has 1 aliphatic carbocycles. The Labute approximate surface area is 226 Å². The van der Waals surface area contributed by atoms with E-state index in [-0.39, 0.29) is 29.3 Å². The zero-order valence-electron chi connectivity index (χ0n) is 21.2. The number of rotatable bonds is 7. The van der Waals surface area contributed by atoms with E-state index in [9.17, 15) is 14.3 Å². The highest BCUT2D eigenvalue weighted by atomic mass is 32.2. The van der Waals surface area contributed by atoms with Gasteiger partial charge in [-0.15, -0.1) is 0 Å². The molecule has 4 N–H and O–H groups in total. The number of hydrogen-bond donors (Lipinski definition) is 3. The van der Waals surface area contributed by atoms with Gasteiger partial charge in [0.15, 0.2) is 0 Å². The number of nitrogens with one attached hydrogen (secondary N) is 1. The van der Waals surface area contributed by atoms with Crippen molar-refractivity contribution < 1.29 is 19.0 Å². The molecule has 0 radical (unpaired) electrons. The number of phenols is 1. The van der Waals surface area contributed by atoms with Gasteiger partial charge >= 0.3 is 0 Å². The van der Waals surface area contributed by atoms with Crippen molar-refractivity contribution in [3.63, 3.8) is 0 Å². The van der Waals surface area contributed by atoms with Crippen molar-refractivity contribution in [2.45, 2.75) is 44.3 Å². The van der Waals surface area contributed by atoms with Crippen LogP contribution in [-0.4, -0.2) is 57.6 Å². The Kier molecular flexibility index (Phi) is 8.46. The molecule has 1 amide bonds. The number of pyridine rings is 1. The van der Waals surface area contributed by atoms with Gasteiger partial charge in [-0.2, -0.15) is 11.8 Å². The maximum atomic E-state index is 14.1. The minimum absolute atomic E-state index is 0.00633. The maximum absolute atomic E-state index is 14.1. The largest absolute Gasteiger partial charge is 0.508 e. The predicted molar refractivity (Wildman–Crippen MR) is 148 cm³/mol.